The summed E-state index contributed by atoms with van der Waals surface area (Å²) in [5.41, 5.74) is -0.489. The Kier molecular flexibility index (Phi) is 10.0. The van der Waals surface area contributed by atoms with Crippen molar-refractivity contribution in [2.24, 2.45) is 35.0 Å². The standard InChI is InChI=1S/C30H48O5/c1-6-8-9-10-11-21-16-22-13-12-20(3)25(15-14-24-18-23(31)19-27(32)34-24)28(22)26(17-21)35-29(33)30(4,5)7-2/h10-13,20-26,28,31H,6-9,14-19H2,1-5H3/b11-10+/t20-,21-,22-,23+,24+,25-,26-,28-/m0/s1. The first-order valence-corrected chi connectivity index (χ1v) is 14.1. The lowest BCUT2D eigenvalue weighted by atomic mass is 9.60. The van der Waals surface area contributed by atoms with Gasteiger partial charge in [-0.05, 0) is 76.0 Å². The summed E-state index contributed by atoms with van der Waals surface area (Å²) in [6.45, 7) is 10.5. The summed E-state index contributed by atoms with van der Waals surface area (Å²) < 4.78 is 11.9. The smallest absolute Gasteiger partial charge is 0.311 e. The van der Waals surface area contributed by atoms with E-state index in [9.17, 15) is 14.7 Å². The third-order valence-corrected chi connectivity index (χ3v) is 8.75. The van der Waals surface area contributed by atoms with Gasteiger partial charge >= 0.3 is 11.9 Å². The molecule has 1 saturated carbocycles. The van der Waals surface area contributed by atoms with E-state index in [4.69, 9.17) is 9.47 Å². The molecule has 2 aliphatic carbocycles. The van der Waals surface area contributed by atoms with Crippen LogP contribution in [0.25, 0.3) is 0 Å². The fraction of sp³-hybridized carbons (Fsp3) is 0.800. The molecule has 1 N–H and O–H groups in total. The molecule has 0 spiro atoms. The molecule has 0 aromatic carbocycles. The number of aliphatic hydroxyl groups excluding tert-OH is 1. The van der Waals surface area contributed by atoms with Crippen molar-refractivity contribution in [3.8, 4) is 0 Å². The number of fused-ring (bicyclic) bond motifs is 1. The van der Waals surface area contributed by atoms with E-state index in [0.29, 0.717) is 30.1 Å². The summed E-state index contributed by atoms with van der Waals surface area (Å²) in [5, 5.41) is 10.0. The van der Waals surface area contributed by atoms with Crippen molar-refractivity contribution in [2.45, 2.75) is 117 Å². The molecule has 0 amide bonds. The van der Waals surface area contributed by atoms with Crippen molar-refractivity contribution >= 4 is 11.9 Å². The van der Waals surface area contributed by atoms with Crippen LogP contribution >= 0.6 is 0 Å². The van der Waals surface area contributed by atoms with E-state index >= 15 is 0 Å². The highest BCUT2D eigenvalue weighted by atomic mass is 16.6. The Hall–Kier alpha value is -1.62. The molecule has 5 nitrogen and oxygen atoms in total. The lowest BCUT2D eigenvalue weighted by Gasteiger charge is -2.48. The van der Waals surface area contributed by atoms with E-state index < -0.39 is 11.5 Å². The second-order valence-corrected chi connectivity index (χ2v) is 11.9. The predicted octanol–water partition coefficient (Wildman–Crippen LogP) is 6.39. The molecule has 0 radical (unpaired) electrons. The largest absolute Gasteiger partial charge is 0.462 e. The van der Waals surface area contributed by atoms with E-state index in [1.165, 1.54) is 12.8 Å². The van der Waals surface area contributed by atoms with Crippen LogP contribution in [-0.2, 0) is 19.1 Å². The lowest BCUT2D eigenvalue weighted by Crippen LogP contribution is -2.47. The van der Waals surface area contributed by atoms with Gasteiger partial charge in [-0.25, -0.2) is 0 Å². The third kappa shape index (κ3) is 7.44. The first-order chi connectivity index (χ1) is 16.6. The monoisotopic (exact) mass is 488 g/mol. The van der Waals surface area contributed by atoms with Crippen LogP contribution in [-0.4, -0.2) is 35.4 Å². The van der Waals surface area contributed by atoms with Crippen molar-refractivity contribution in [1.82, 2.24) is 0 Å². The van der Waals surface area contributed by atoms with E-state index in [1.807, 2.05) is 20.8 Å². The Balaban J connectivity index is 1.77. The molecule has 1 heterocycles. The van der Waals surface area contributed by atoms with Gasteiger partial charge in [0, 0.05) is 12.3 Å². The number of esters is 2. The van der Waals surface area contributed by atoms with E-state index in [1.54, 1.807) is 0 Å². The SMILES string of the molecule is CCCC/C=C/[C@@H]1C[C@H](OC(=O)C(C)(C)CC)[C@@H]2[C@@H](CC[C@@H]3C[C@@H](O)CC(=O)O3)[C@@H](C)C=C[C@H]2C1. The molecule has 5 heteroatoms. The zero-order chi connectivity index (χ0) is 25.6. The van der Waals surface area contributed by atoms with Crippen LogP contribution in [0.2, 0.25) is 0 Å². The second-order valence-electron chi connectivity index (χ2n) is 11.9. The summed E-state index contributed by atoms with van der Waals surface area (Å²) in [5.74, 6) is 1.41. The minimum absolute atomic E-state index is 0.0929. The van der Waals surface area contributed by atoms with E-state index in [-0.39, 0.29) is 36.5 Å². The highest BCUT2D eigenvalue weighted by molar-refractivity contribution is 5.76. The molecular formula is C30H48O5. The summed E-state index contributed by atoms with van der Waals surface area (Å²) in [4.78, 5) is 25.0. The van der Waals surface area contributed by atoms with Crippen molar-refractivity contribution in [3.63, 3.8) is 0 Å². The normalized spacial score (nSPS) is 35.5. The van der Waals surface area contributed by atoms with Gasteiger partial charge in [-0.15, -0.1) is 0 Å². The van der Waals surface area contributed by atoms with Crippen molar-refractivity contribution in [3.05, 3.63) is 24.3 Å². The Morgan fingerprint density at radius 1 is 1.20 bits per heavy atom. The van der Waals surface area contributed by atoms with Gasteiger partial charge in [-0.1, -0.05) is 57.9 Å². The number of aliphatic hydroxyl groups is 1. The number of allylic oxidation sites excluding steroid dienone is 4. The number of rotatable bonds is 10. The van der Waals surface area contributed by atoms with Crippen LogP contribution < -0.4 is 0 Å². The molecule has 0 bridgehead atoms. The fourth-order valence-electron chi connectivity index (χ4n) is 6.15. The van der Waals surface area contributed by atoms with Gasteiger partial charge in [0.15, 0.2) is 0 Å². The number of unbranched alkanes of at least 4 members (excludes halogenated alkanes) is 2. The molecular weight excluding hydrogens is 440 g/mol. The maximum Gasteiger partial charge on any atom is 0.311 e. The van der Waals surface area contributed by atoms with Crippen LogP contribution in [0.4, 0.5) is 0 Å². The lowest BCUT2D eigenvalue weighted by molar-refractivity contribution is -0.170. The van der Waals surface area contributed by atoms with Crippen LogP contribution in [0.5, 0.6) is 0 Å². The quantitative estimate of drug-likeness (QED) is 0.219. The van der Waals surface area contributed by atoms with E-state index in [0.717, 1.165) is 38.5 Å². The number of carbonyl (C=O) groups excluding carboxylic acids is 2. The molecule has 3 rings (SSSR count). The molecule has 1 aliphatic heterocycles. The molecule has 0 aromatic rings. The third-order valence-electron chi connectivity index (χ3n) is 8.75. The highest BCUT2D eigenvalue weighted by Crippen LogP contribution is 2.48. The Morgan fingerprint density at radius 2 is 1.97 bits per heavy atom. The minimum Gasteiger partial charge on any atom is -0.462 e. The summed E-state index contributed by atoms with van der Waals surface area (Å²) in [6.07, 6.45) is 17.0. The van der Waals surface area contributed by atoms with Crippen molar-refractivity contribution < 1.29 is 24.2 Å². The van der Waals surface area contributed by atoms with Gasteiger partial charge in [0.05, 0.1) is 17.9 Å². The van der Waals surface area contributed by atoms with Gasteiger partial charge < -0.3 is 14.6 Å². The van der Waals surface area contributed by atoms with Gasteiger partial charge in [0.2, 0.25) is 0 Å². The van der Waals surface area contributed by atoms with Crippen LogP contribution in [0.15, 0.2) is 24.3 Å². The van der Waals surface area contributed by atoms with Crippen LogP contribution in [0.1, 0.15) is 98.8 Å². The Labute approximate surface area is 212 Å². The molecule has 0 unspecified atom stereocenters. The number of hydrogen-bond donors (Lipinski definition) is 1. The molecule has 198 valence electrons. The Bertz CT molecular complexity index is 769. The van der Waals surface area contributed by atoms with Crippen LogP contribution in [0.3, 0.4) is 0 Å². The zero-order valence-corrected chi connectivity index (χ0v) is 22.6. The molecule has 8 atom stereocenters. The molecule has 3 aliphatic rings. The number of ether oxygens (including phenoxy) is 2. The van der Waals surface area contributed by atoms with Gasteiger partial charge in [-0.3, -0.25) is 9.59 Å². The molecule has 2 fully saturated rings. The van der Waals surface area contributed by atoms with Crippen molar-refractivity contribution in [2.75, 3.05) is 0 Å². The molecule has 0 aromatic heterocycles. The zero-order valence-electron chi connectivity index (χ0n) is 22.6. The average Bonchev–Trinajstić information content (AvgIpc) is 2.80. The van der Waals surface area contributed by atoms with E-state index in [2.05, 4.69) is 38.2 Å². The fourth-order valence-corrected chi connectivity index (χ4v) is 6.15. The summed E-state index contributed by atoms with van der Waals surface area (Å²) in [7, 11) is 0. The van der Waals surface area contributed by atoms with Crippen molar-refractivity contribution in [1.29, 1.82) is 0 Å². The van der Waals surface area contributed by atoms with Gasteiger partial charge in [0.25, 0.3) is 0 Å². The Morgan fingerprint density at radius 3 is 2.66 bits per heavy atom. The maximum absolute atomic E-state index is 13.2. The van der Waals surface area contributed by atoms with Gasteiger partial charge in [-0.2, -0.15) is 0 Å². The first kappa shape index (κ1) is 28.0. The topological polar surface area (TPSA) is 72.8 Å². The number of carbonyl (C=O) groups is 2. The number of cyclic esters (lactones) is 1. The van der Waals surface area contributed by atoms with Gasteiger partial charge in [0.1, 0.15) is 12.2 Å². The second kappa shape index (κ2) is 12.6. The summed E-state index contributed by atoms with van der Waals surface area (Å²) in [6, 6.07) is 0. The molecule has 1 saturated heterocycles. The summed E-state index contributed by atoms with van der Waals surface area (Å²) >= 11 is 0. The number of hydrogen-bond acceptors (Lipinski definition) is 5. The molecule has 35 heavy (non-hydrogen) atoms. The van der Waals surface area contributed by atoms with Crippen LogP contribution in [0, 0.1) is 35.0 Å². The minimum atomic E-state index is -0.599. The first-order valence-electron chi connectivity index (χ1n) is 14.1. The maximum atomic E-state index is 13.2. The highest BCUT2D eigenvalue weighted by Gasteiger charge is 2.46. The average molecular weight is 489 g/mol. The predicted molar refractivity (Wildman–Crippen MR) is 138 cm³/mol.